The van der Waals surface area contributed by atoms with Crippen LogP contribution in [0.15, 0.2) is 102 Å². The predicted octanol–water partition coefficient (Wildman–Crippen LogP) is 5.16. The summed E-state index contributed by atoms with van der Waals surface area (Å²) in [6.07, 6.45) is -0.690. The van der Waals surface area contributed by atoms with E-state index in [0.29, 0.717) is 12.2 Å². The number of nitrogens with one attached hydrogen (secondary N) is 2. The molecular formula is C33H32N4O5. The first-order chi connectivity index (χ1) is 20.4. The van der Waals surface area contributed by atoms with Crippen molar-refractivity contribution in [2.45, 2.75) is 24.9 Å². The number of hydrogen-bond acceptors (Lipinski definition) is 5. The topological polar surface area (TPSA) is 135 Å². The summed E-state index contributed by atoms with van der Waals surface area (Å²) in [4.78, 5) is 28.9. The van der Waals surface area contributed by atoms with Crippen LogP contribution in [0.4, 0.5) is 10.5 Å². The van der Waals surface area contributed by atoms with Gasteiger partial charge >= 0.3 is 12.1 Å². The van der Waals surface area contributed by atoms with E-state index < -0.39 is 18.1 Å². The largest absolute Gasteiger partial charge is 0.497 e. The molecule has 0 aromatic heterocycles. The number of nitrogens with two attached hydrogens (primary N) is 1. The third kappa shape index (κ3) is 6.69. The lowest BCUT2D eigenvalue weighted by Gasteiger charge is -2.18. The van der Waals surface area contributed by atoms with Gasteiger partial charge in [-0.15, -0.1) is 0 Å². The second kappa shape index (κ2) is 12.9. The number of benzene rings is 4. The average Bonchev–Trinajstić information content (AvgIpc) is 3.33. The molecule has 5 rings (SSSR count). The molecule has 0 saturated heterocycles. The molecule has 4 aromatic rings. The van der Waals surface area contributed by atoms with Gasteiger partial charge in [-0.2, -0.15) is 0 Å². The van der Waals surface area contributed by atoms with Gasteiger partial charge in [0.1, 0.15) is 18.4 Å². The van der Waals surface area contributed by atoms with Crippen LogP contribution >= 0.6 is 0 Å². The van der Waals surface area contributed by atoms with E-state index in [1.54, 1.807) is 31.4 Å². The van der Waals surface area contributed by atoms with E-state index in [2.05, 4.69) is 27.8 Å². The molecular weight excluding hydrogens is 532 g/mol. The van der Waals surface area contributed by atoms with E-state index in [9.17, 15) is 14.7 Å². The predicted molar refractivity (Wildman–Crippen MR) is 162 cm³/mol. The monoisotopic (exact) mass is 564 g/mol. The molecule has 4 aromatic carbocycles. The van der Waals surface area contributed by atoms with Gasteiger partial charge in [-0.05, 0) is 57.6 Å². The number of guanidine groups is 1. The van der Waals surface area contributed by atoms with Gasteiger partial charge < -0.3 is 30.9 Å². The first-order valence-corrected chi connectivity index (χ1v) is 13.5. The fourth-order valence-corrected chi connectivity index (χ4v) is 5.04. The molecule has 9 heteroatoms. The summed E-state index contributed by atoms with van der Waals surface area (Å²) in [7, 11) is 1.61. The van der Waals surface area contributed by atoms with Crippen molar-refractivity contribution in [3.8, 4) is 16.9 Å². The molecule has 1 aliphatic carbocycles. The highest BCUT2D eigenvalue weighted by atomic mass is 16.5. The maximum Gasteiger partial charge on any atom is 0.407 e. The van der Waals surface area contributed by atoms with Gasteiger partial charge in [0.05, 0.1) is 13.7 Å². The molecule has 1 aliphatic rings. The van der Waals surface area contributed by atoms with Crippen LogP contribution in [0.5, 0.6) is 5.75 Å². The van der Waals surface area contributed by atoms with Crippen LogP contribution < -0.4 is 21.1 Å². The van der Waals surface area contributed by atoms with Crippen molar-refractivity contribution in [2.75, 3.05) is 19.0 Å². The highest BCUT2D eigenvalue weighted by Crippen LogP contribution is 2.44. The summed E-state index contributed by atoms with van der Waals surface area (Å²) in [6, 6.07) is 29.5. The summed E-state index contributed by atoms with van der Waals surface area (Å²) >= 11 is 0. The van der Waals surface area contributed by atoms with E-state index >= 15 is 0 Å². The second-order valence-electron chi connectivity index (χ2n) is 9.94. The number of anilines is 1. The Hall–Kier alpha value is -5.31. The summed E-state index contributed by atoms with van der Waals surface area (Å²) in [5.74, 6) is -0.245. The molecule has 42 heavy (non-hydrogen) atoms. The molecule has 214 valence electrons. The third-order valence-electron chi connectivity index (χ3n) is 7.19. The number of aliphatic imine (C=N–C) groups is 1. The molecule has 0 fully saturated rings. The smallest absolute Gasteiger partial charge is 0.407 e. The molecule has 0 heterocycles. The third-order valence-corrected chi connectivity index (χ3v) is 7.19. The van der Waals surface area contributed by atoms with Gasteiger partial charge in [0, 0.05) is 18.0 Å². The van der Waals surface area contributed by atoms with Crippen LogP contribution in [0.3, 0.4) is 0 Å². The normalized spacial score (nSPS) is 13.0. The average molecular weight is 565 g/mol. The summed E-state index contributed by atoms with van der Waals surface area (Å²) in [6.45, 7) is 0.511. The van der Waals surface area contributed by atoms with Crippen LogP contribution in [0.2, 0.25) is 0 Å². The SMILES string of the molecule is COc1ccc(C/N=C(\N)Nc2ccc(CC(NC(=O)OCC3c4ccccc4-c4ccccc43)C(=O)O)cc2)cc1. The van der Waals surface area contributed by atoms with Gasteiger partial charge in [-0.1, -0.05) is 72.8 Å². The van der Waals surface area contributed by atoms with Crippen LogP contribution in [0.1, 0.15) is 28.2 Å². The molecule has 1 amide bonds. The molecule has 9 nitrogen and oxygen atoms in total. The Bertz CT molecular complexity index is 1540. The van der Waals surface area contributed by atoms with E-state index in [4.69, 9.17) is 15.2 Å². The number of ether oxygens (including phenoxy) is 2. The zero-order valence-corrected chi connectivity index (χ0v) is 23.1. The van der Waals surface area contributed by atoms with Crippen LogP contribution in [-0.4, -0.2) is 42.9 Å². The standard InChI is InChI=1S/C33H32N4O5/c1-41-24-16-12-22(13-17-24)19-35-32(34)36-23-14-10-21(11-15-23)18-30(31(38)39)37-33(40)42-20-29-27-8-4-2-6-25(27)26-7-3-5-9-28(26)29/h2-17,29-30H,18-20H2,1H3,(H,37,40)(H,38,39)(H3,34,35,36). The van der Waals surface area contributed by atoms with Crippen molar-refractivity contribution in [3.05, 3.63) is 119 Å². The Labute approximate surface area is 244 Å². The Kier molecular flexibility index (Phi) is 8.67. The van der Waals surface area contributed by atoms with Crippen molar-refractivity contribution in [2.24, 2.45) is 10.7 Å². The van der Waals surface area contributed by atoms with E-state index in [0.717, 1.165) is 39.1 Å². The van der Waals surface area contributed by atoms with Gasteiger partial charge in [0.2, 0.25) is 0 Å². The van der Waals surface area contributed by atoms with Gasteiger partial charge in [-0.25, -0.2) is 14.6 Å². The van der Waals surface area contributed by atoms with Gasteiger partial charge in [0.25, 0.3) is 0 Å². The molecule has 1 unspecified atom stereocenters. The molecule has 0 radical (unpaired) electrons. The number of fused-ring (bicyclic) bond motifs is 3. The van der Waals surface area contributed by atoms with Crippen molar-refractivity contribution >= 4 is 23.7 Å². The number of hydrogen-bond donors (Lipinski definition) is 4. The quantitative estimate of drug-likeness (QED) is 0.154. The zero-order chi connectivity index (χ0) is 29.5. The molecule has 0 aliphatic heterocycles. The van der Waals surface area contributed by atoms with Crippen LogP contribution in [0, 0.1) is 0 Å². The maximum absolute atomic E-state index is 12.7. The second-order valence-corrected chi connectivity index (χ2v) is 9.94. The number of rotatable bonds is 10. The highest BCUT2D eigenvalue weighted by molar-refractivity contribution is 5.92. The number of alkyl carbamates (subject to hydrolysis) is 1. The Morgan fingerprint density at radius 1 is 0.881 bits per heavy atom. The number of carboxylic acids is 1. The minimum Gasteiger partial charge on any atom is -0.497 e. The maximum atomic E-state index is 12.7. The van der Waals surface area contributed by atoms with Crippen molar-refractivity contribution in [1.82, 2.24) is 5.32 Å². The number of methoxy groups -OCH3 is 1. The molecule has 1 atom stereocenters. The van der Waals surface area contributed by atoms with Crippen molar-refractivity contribution in [1.29, 1.82) is 0 Å². The van der Waals surface area contributed by atoms with E-state index in [1.165, 1.54) is 0 Å². The van der Waals surface area contributed by atoms with Crippen molar-refractivity contribution < 1.29 is 24.2 Å². The number of nitrogens with zero attached hydrogens (tertiary/aromatic N) is 1. The summed E-state index contributed by atoms with van der Waals surface area (Å²) in [5, 5.41) is 15.3. The Morgan fingerprint density at radius 2 is 1.48 bits per heavy atom. The minimum atomic E-state index is -1.16. The van der Waals surface area contributed by atoms with Gasteiger partial charge in [0.15, 0.2) is 5.96 Å². The number of carbonyl (C=O) groups excluding carboxylic acids is 1. The molecule has 0 spiro atoms. The fraction of sp³-hybridized carbons (Fsp3) is 0.182. The van der Waals surface area contributed by atoms with Crippen LogP contribution in [0.25, 0.3) is 11.1 Å². The lowest BCUT2D eigenvalue weighted by Crippen LogP contribution is -2.42. The number of carboxylic acid groups (broad SMARTS) is 1. The zero-order valence-electron chi connectivity index (χ0n) is 23.1. The first kappa shape index (κ1) is 28.2. The Balaban J connectivity index is 1.14. The van der Waals surface area contributed by atoms with E-state index in [-0.39, 0.29) is 24.9 Å². The Morgan fingerprint density at radius 3 is 2.07 bits per heavy atom. The molecule has 0 bridgehead atoms. The molecule has 5 N–H and O–H groups in total. The minimum absolute atomic E-state index is 0.0842. The highest BCUT2D eigenvalue weighted by Gasteiger charge is 2.29. The van der Waals surface area contributed by atoms with Gasteiger partial charge in [-0.3, -0.25) is 0 Å². The van der Waals surface area contributed by atoms with Crippen molar-refractivity contribution in [3.63, 3.8) is 0 Å². The number of amides is 1. The lowest BCUT2D eigenvalue weighted by molar-refractivity contribution is -0.139. The van der Waals surface area contributed by atoms with E-state index in [1.807, 2.05) is 60.7 Å². The summed E-state index contributed by atoms with van der Waals surface area (Å²) < 4.78 is 10.7. The lowest BCUT2D eigenvalue weighted by atomic mass is 9.98. The number of carbonyl (C=O) groups is 2. The molecule has 0 saturated carbocycles. The number of aliphatic carboxylic acids is 1. The first-order valence-electron chi connectivity index (χ1n) is 13.5. The van der Waals surface area contributed by atoms with Crippen LogP contribution in [-0.2, 0) is 22.5 Å². The summed E-state index contributed by atoms with van der Waals surface area (Å²) in [5.41, 5.74) is 12.8. The fourth-order valence-electron chi connectivity index (χ4n) is 5.04.